The van der Waals surface area contributed by atoms with E-state index in [2.05, 4.69) is 15.3 Å². The van der Waals surface area contributed by atoms with Crippen molar-refractivity contribution < 1.29 is 9.84 Å². The van der Waals surface area contributed by atoms with Crippen LogP contribution in [0.2, 0.25) is 0 Å². The summed E-state index contributed by atoms with van der Waals surface area (Å²) in [6.07, 6.45) is 1.70. The number of methoxy groups -OCH3 is 1. The van der Waals surface area contributed by atoms with E-state index in [4.69, 9.17) is 4.74 Å². The molecule has 0 saturated heterocycles. The highest BCUT2D eigenvalue weighted by Crippen LogP contribution is 2.32. The highest BCUT2D eigenvalue weighted by atomic mass is 16.5. The fraction of sp³-hybridized carbons (Fsp3) is 0.333. The van der Waals surface area contributed by atoms with Gasteiger partial charge in [-0.15, -0.1) is 0 Å². The molecule has 0 saturated carbocycles. The molecule has 2 aromatic heterocycles. The largest absolute Gasteiger partial charge is 0.506 e. The van der Waals surface area contributed by atoms with Crippen molar-refractivity contribution in [3.63, 3.8) is 0 Å². The van der Waals surface area contributed by atoms with Crippen LogP contribution in [-0.2, 0) is 6.54 Å². The number of pyridine rings is 2. The zero-order valence-electron chi connectivity index (χ0n) is 12.7. The van der Waals surface area contributed by atoms with Crippen molar-refractivity contribution in [1.82, 2.24) is 9.97 Å². The molecule has 21 heavy (non-hydrogen) atoms. The predicted octanol–water partition coefficient (Wildman–Crippen LogP) is 2.18. The highest BCUT2D eigenvalue weighted by molar-refractivity contribution is 5.74. The Kier molecular flexibility index (Phi) is 4.47. The Bertz CT molecular complexity index is 629. The number of ether oxygens (including phenoxy) is 1. The van der Waals surface area contributed by atoms with Gasteiger partial charge in [-0.05, 0) is 25.1 Å². The van der Waals surface area contributed by atoms with Crippen molar-refractivity contribution in [1.29, 1.82) is 0 Å². The molecule has 112 valence electrons. The summed E-state index contributed by atoms with van der Waals surface area (Å²) in [4.78, 5) is 10.5. The van der Waals surface area contributed by atoms with Gasteiger partial charge < -0.3 is 20.1 Å². The van der Waals surface area contributed by atoms with E-state index in [1.807, 2.05) is 32.0 Å². The fourth-order valence-corrected chi connectivity index (χ4v) is 2.03. The molecule has 0 aliphatic rings. The van der Waals surface area contributed by atoms with Crippen molar-refractivity contribution in [2.75, 3.05) is 31.4 Å². The molecule has 6 nitrogen and oxygen atoms in total. The summed E-state index contributed by atoms with van der Waals surface area (Å²) in [5.41, 5.74) is 3.17. The standard InChI is InChI=1S/C15H20N4O2/c1-10-5-6-13(20)11(18-10)9-17-14-12(19(2)3)7-8-16-15(14)21-4/h5-8,17,20H,9H2,1-4H3. The number of nitrogens with zero attached hydrogens (tertiary/aromatic N) is 3. The van der Waals surface area contributed by atoms with Crippen LogP contribution in [0.3, 0.4) is 0 Å². The van der Waals surface area contributed by atoms with E-state index < -0.39 is 0 Å². The molecule has 2 heterocycles. The van der Waals surface area contributed by atoms with E-state index in [9.17, 15) is 5.11 Å². The first-order valence-corrected chi connectivity index (χ1v) is 6.62. The second-order valence-corrected chi connectivity index (χ2v) is 4.88. The number of hydrogen-bond acceptors (Lipinski definition) is 6. The van der Waals surface area contributed by atoms with Gasteiger partial charge in [0.15, 0.2) is 0 Å². The molecule has 0 atom stereocenters. The van der Waals surface area contributed by atoms with Gasteiger partial charge in [0.2, 0.25) is 5.88 Å². The van der Waals surface area contributed by atoms with Crippen LogP contribution in [-0.4, -0.2) is 36.3 Å². The smallest absolute Gasteiger partial charge is 0.239 e. The topological polar surface area (TPSA) is 70.5 Å². The van der Waals surface area contributed by atoms with Crippen molar-refractivity contribution >= 4 is 11.4 Å². The van der Waals surface area contributed by atoms with Crippen LogP contribution in [0.4, 0.5) is 11.4 Å². The molecule has 2 rings (SSSR count). The third kappa shape index (κ3) is 3.34. The first kappa shape index (κ1) is 14.9. The number of aromatic hydroxyl groups is 1. The summed E-state index contributed by atoms with van der Waals surface area (Å²) >= 11 is 0. The van der Waals surface area contributed by atoms with Gasteiger partial charge in [0.25, 0.3) is 0 Å². The second-order valence-electron chi connectivity index (χ2n) is 4.88. The molecule has 0 radical (unpaired) electrons. The second kappa shape index (κ2) is 6.30. The van der Waals surface area contributed by atoms with E-state index in [1.165, 1.54) is 0 Å². The Morgan fingerprint density at radius 3 is 2.71 bits per heavy atom. The Hall–Kier alpha value is -2.50. The lowest BCUT2D eigenvalue weighted by atomic mass is 10.2. The van der Waals surface area contributed by atoms with Crippen molar-refractivity contribution in [3.8, 4) is 11.6 Å². The van der Waals surface area contributed by atoms with Gasteiger partial charge in [0.1, 0.15) is 17.1 Å². The monoisotopic (exact) mass is 288 g/mol. The summed E-state index contributed by atoms with van der Waals surface area (Å²) < 4.78 is 5.30. The number of hydrogen-bond donors (Lipinski definition) is 2. The molecule has 0 bridgehead atoms. The molecule has 0 fully saturated rings. The summed E-state index contributed by atoms with van der Waals surface area (Å²) in [5.74, 6) is 0.677. The van der Waals surface area contributed by atoms with E-state index >= 15 is 0 Å². The van der Waals surface area contributed by atoms with Crippen LogP contribution in [0.25, 0.3) is 0 Å². The zero-order valence-corrected chi connectivity index (χ0v) is 12.7. The molecule has 0 unspecified atom stereocenters. The quantitative estimate of drug-likeness (QED) is 0.878. The summed E-state index contributed by atoms with van der Waals surface area (Å²) in [6, 6.07) is 5.32. The van der Waals surface area contributed by atoms with Gasteiger partial charge in [0.05, 0.1) is 19.3 Å². The number of anilines is 2. The van der Waals surface area contributed by atoms with Gasteiger partial charge >= 0.3 is 0 Å². The Morgan fingerprint density at radius 1 is 1.29 bits per heavy atom. The van der Waals surface area contributed by atoms with E-state index in [1.54, 1.807) is 25.4 Å². The van der Waals surface area contributed by atoms with Gasteiger partial charge in [-0.25, -0.2) is 4.98 Å². The lowest BCUT2D eigenvalue weighted by Gasteiger charge is -2.20. The molecular formula is C15H20N4O2. The van der Waals surface area contributed by atoms with Crippen molar-refractivity contribution in [3.05, 3.63) is 35.8 Å². The summed E-state index contributed by atoms with van der Waals surface area (Å²) in [6.45, 7) is 2.27. The molecule has 6 heteroatoms. The number of aromatic nitrogens is 2. The third-order valence-electron chi connectivity index (χ3n) is 3.09. The van der Waals surface area contributed by atoms with Gasteiger partial charge in [-0.1, -0.05) is 0 Å². The van der Waals surface area contributed by atoms with Gasteiger partial charge in [-0.3, -0.25) is 4.98 Å². The average molecular weight is 288 g/mol. The Balaban J connectivity index is 2.29. The Labute approximate surface area is 124 Å². The van der Waals surface area contributed by atoms with Crippen LogP contribution in [0.1, 0.15) is 11.4 Å². The van der Waals surface area contributed by atoms with Crippen LogP contribution < -0.4 is 15.0 Å². The average Bonchev–Trinajstić information content (AvgIpc) is 2.47. The first-order chi connectivity index (χ1) is 10.0. The first-order valence-electron chi connectivity index (χ1n) is 6.62. The van der Waals surface area contributed by atoms with Crippen LogP contribution in [0.5, 0.6) is 11.6 Å². The molecule has 0 aliphatic carbocycles. The predicted molar refractivity (Wildman–Crippen MR) is 83.1 cm³/mol. The number of aryl methyl sites for hydroxylation is 1. The summed E-state index contributed by atoms with van der Waals surface area (Å²) in [7, 11) is 5.47. The molecule has 0 aromatic carbocycles. The molecule has 2 aromatic rings. The SMILES string of the molecule is COc1nccc(N(C)C)c1NCc1nc(C)ccc1O. The van der Waals surface area contributed by atoms with Crippen LogP contribution in [0, 0.1) is 6.92 Å². The van der Waals surface area contributed by atoms with E-state index in [-0.39, 0.29) is 5.75 Å². The maximum atomic E-state index is 9.86. The Morgan fingerprint density at radius 2 is 2.05 bits per heavy atom. The van der Waals surface area contributed by atoms with Gasteiger partial charge in [0, 0.05) is 26.0 Å². The minimum atomic E-state index is 0.169. The summed E-state index contributed by atoms with van der Waals surface area (Å²) in [5, 5.41) is 13.1. The molecule has 0 amide bonds. The van der Waals surface area contributed by atoms with Crippen LogP contribution in [0.15, 0.2) is 24.4 Å². The minimum absolute atomic E-state index is 0.169. The normalized spacial score (nSPS) is 10.3. The van der Waals surface area contributed by atoms with Gasteiger partial charge in [-0.2, -0.15) is 0 Å². The minimum Gasteiger partial charge on any atom is -0.506 e. The van der Waals surface area contributed by atoms with E-state index in [0.717, 1.165) is 17.1 Å². The third-order valence-corrected chi connectivity index (χ3v) is 3.09. The maximum Gasteiger partial charge on any atom is 0.239 e. The molecule has 2 N–H and O–H groups in total. The molecule has 0 aliphatic heterocycles. The van der Waals surface area contributed by atoms with Crippen LogP contribution >= 0.6 is 0 Å². The number of rotatable bonds is 5. The fourth-order valence-electron chi connectivity index (χ4n) is 2.03. The van der Waals surface area contributed by atoms with Crippen molar-refractivity contribution in [2.45, 2.75) is 13.5 Å². The lowest BCUT2D eigenvalue weighted by Crippen LogP contribution is -2.14. The molecule has 0 spiro atoms. The molecular weight excluding hydrogens is 268 g/mol. The number of nitrogens with one attached hydrogen (secondary N) is 1. The zero-order chi connectivity index (χ0) is 15.4. The highest BCUT2D eigenvalue weighted by Gasteiger charge is 2.13. The van der Waals surface area contributed by atoms with Crippen molar-refractivity contribution in [2.24, 2.45) is 0 Å². The lowest BCUT2D eigenvalue weighted by molar-refractivity contribution is 0.399. The maximum absolute atomic E-state index is 9.86. The van der Waals surface area contributed by atoms with E-state index in [0.29, 0.717) is 18.1 Å².